The lowest BCUT2D eigenvalue weighted by molar-refractivity contribution is -0.135. The maximum atomic E-state index is 12.9. The molecule has 0 heterocycles. The average molecular weight is 424 g/mol. The molecule has 0 spiro atoms. The van der Waals surface area contributed by atoms with E-state index in [4.69, 9.17) is 4.74 Å². The van der Waals surface area contributed by atoms with Crippen molar-refractivity contribution >= 4 is 17.5 Å². The van der Waals surface area contributed by atoms with Crippen LogP contribution >= 0.6 is 0 Å². The Labute approximate surface area is 185 Å². The zero-order valence-corrected chi connectivity index (χ0v) is 18.9. The molecular formula is C25H33N3O3. The number of methoxy groups -OCH3 is 1. The summed E-state index contributed by atoms with van der Waals surface area (Å²) in [4.78, 5) is 26.9. The van der Waals surface area contributed by atoms with Gasteiger partial charge in [-0.2, -0.15) is 0 Å². The third-order valence-corrected chi connectivity index (χ3v) is 5.80. The minimum atomic E-state index is -0.395. The largest absolute Gasteiger partial charge is 0.497 e. The molecule has 1 aliphatic carbocycles. The van der Waals surface area contributed by atoms with Crippen LogP contribution in [0, 0.1) is 5.92 Å². The maximum absolute atomic E-state index is 12.9. The number of aryl methyl sites for hydroxylation is 1. The average Bonchev–Trinajstić information content (AvgIpc) is 3.62. The number of carbonyl (C=O) groups excluding carboxylic acids is 2. The molecule has 2 amide bonds. The molecule has 2 N–H and O–H groups in total. The van der Waals surface area contributed by atoms with E-state index in [1.165, 1.54) is 4.90 Å². The van der Waals surface area contributed by atoms with Crippen LogP contribution in [0.5, 0.6) is 5.75 Å². The van der Waals surface area contributed by atoms with Crippen LogP contribution in [0.4, 0.5) is 5.69 Å². The van der Waals surface area contributed by atoms with Gasteiger partial charge in [0.2, 0.25) is 11.8 Å². The summed E-state index contributed by atoms with van der Waals surface area (Å²) in [6.07, 6.45) is 3.14. The summed E-state index contributed by atoms with van der Waals surface area (Å²) in [7, 11) is 3.32. The summed E-state index contributed by atoms with van der Waals surface area (Å²) >= 11 is 0. The summed E-state index contributed by atoms with van der Waals surface area (Å²) < 4.78 is 5.25. The van der Waals surface area contributed by atoms with Gasteiger partial charge in [0.1, 0.15) is 5.75 Å². The SMILES string of the molecule is CCc1ccccc1NC(=O)CN(C)C(=O)C(C)NC(c1ccc(OC)cc1)C1CC1. The van der Waals surface area contributed by atoms with Crippen molar-refractivity contribution in [1.82, 2.24) is 10.2 Å². The first-order chi connectivity index (χ1) is 14.9. The lowest BCUT2D eigenvalue weighted by atomic mass is 10.0. The molecule has 166 valence electrons. The maximum Gasteiger partial charge on any atom is 0.243 e. The first-order valence-electron chi connectivity index (χ1n) is 11.0. The van der Waals surface area contributed by atoms with Crippen LogP contribution in [-0.4, -0.2) is 43.5 Å². The first kappa shape index (κ1) is 22.8. The van der Waals surface area contributed by atoms with Crippen molar-refractivity contribution in [2.45, 2.75) is 45.2 Å². The van der Waals surface area contributed by atoms with Crippen LogP contribution in [-0.2, 0) is 16.0 Å². The minimum absolute atomic E-state index is 0.0134. The zero-order chi connectivity index (χ0) is 22.4. The molecule has 0 radical (unpaired) electrons. The number of hydrogen-bond acceptors (Lipinski definition) is 4. The highest BCUT2D eigenvalue weighted by Gasteiger charge is 2.34. The van der Waals surface area contributed by atoms with Crippen molar-refractivity contribution < 1.29 is 14.3 Å². The van der Waals surface area contributed by atoms with Crippen LogP contribution in [0.3, 0.4) is 0 Å². The topological polar surface area (TPSA) is 70.7 Å². The van der Waals surface area contributed by atoms with E-state index in [1.54, 1.807) is 14.2 Å². The van der Waals surface area contributed by atoms with Gasteiger partial charge in [0.15, 0.2) is 0 Å². The molecule has 6 heteroatoms. The number of ether oxygens (including phenoxy) is 1. The fourth-order valence-corrected chi connectivity index (χ4v) is 3.85. The molecule has 2 unspecified atom stereocenters. The van der Waals surface area contributed by atoms with E-state index in [0.29, 0.717) is 5.92 Å². The van der Waals surface area contributed by atoms with Gasteiger partial charge in [0.25, 0.3) is 0 Å². The smallest absolute Gasteiger partial charge is 0.243 e. The number of hydrogen-bond donors (Lipinski definition) is 2. The molecule has 2 atom stereocenters. The number of nitrogens with one attached hydrogen (secondary N) is 2. The number of nitrogens with zero attached hydrogens (tertiary/aromatic N) is 1. The number of amides is 2. The van der Waals surface area contributed by atoms with E-state index < -0.39 is 6.04 Å². The first-order valence-corrected chi connectivity index (χ1v) is 11.0. The van der Waals surface area contributed by atoms with E-state index in [0.717, 1.165) is 41.8 Å². The molecule has 1 aliphatic rings. The summed E-state index contributed by atoms with van der Waals surface area (Å²) in [5.41, 5.74) is 3.03. The summed E-state index contributed by atoms with van der Waals surface area (Å²) in [5.74, 6) is 1.05. The molecule has 2 aromatic rings. The number of benzene rings is 2. The Morgan fingerprint density at radius 1 is 1.13 bits per heavy atom. The van der Waals surface area contributed by atoms with Gasteiger partial charge in [-0.05, 0) is 61.4 Å². The van der Waals surface area contributed by atoms with Crippen molar-refractivity contribution in [2.24, 2.45) is 5.92 Å². The zero-order valence-electron chi connectivity index (χ0n) is 18.9. The van der Waals surface area contributed by atoms with Crippen LogP contribution in [0.2, 0.25) is 0 Å². The molecule has 1 fully saturated rings. The van der Waals surface area contributed by atoms with Crippen molar-refractivity contribution in [3.63, 3.8) is 0 Å². The monoisotopic (exact) mass is 423 g/mol. The van der Waals surface area contributed by atoms with E-state index in [2.05, 4.69) is 10.6 Å². The third-order valence-electron chi connectivity index (χ3n) is 5.80. The molecular weight excluding hydrogens is 390 g/mol. The molecule has 6 nitrogen and oxygen atoms in total. The normalized spacial score (nSPS) is 15.1. The van der Waals surface area contributed by atoms with Gasteiger partial charge >= 0.3 is 0 Å². The van der Waals surface area contributed by atoms with Gasteiger partial charge in [-0.1, -0.05) is 37.3 Å². The Bertz CT molecular complexity index is 893. The van der Waals surface area contributed by atoms with E-state index in [-0.39, 0.29) is 24.4 Å². The number of para-hydroxylation sites is 1. The Balaban J connectivity index is 1.58. The predicted molar refractivity (Wildman–Crippen MR) is 123 cm³/mol. The predicted octanol–water partition coefficient (Wildman–Crippen LogP) is 3.78. The Kier molecular flexibility index (Phi) is 7.69. The second-order valence-electron chi connectivity index (χ2n) is 8.23. The fourth-order valence-electron chi connectivity index (χ4n) is 3.85. The van der Waals surface area contributed by atoms with Gasteiger partial charge in [-0.15, -0.1) is 0 Å². The summed E-state index contributed by atoms with van der Waals surface area (Å²) in [6.45, 7) is 3.93. The van der Waals surface area contributed by atoms with Gasteiger partial charge in [0.05, 0.1) is 19.7 Å². The summed E-state index contributed by atoms with van der Waals surface area (Å²) in [6, 6.07) is 15.4. The molecule has 0 bridgehead atoms. The Morgan fingerprint density at radius 3 is 2.42 bits per heavy atom. The van der Waals surface area contributed by atoms with Gasteiger partial charge < -0.3 is 15.0 Å². The molecule has 2 aromatic carbocycles. The van der Waals surface area contributed by atoms with Crippen LogP contribution < -0.4 is 15.4 Å². The number of likely N-dealkylation sites (N-methyl/N-ethyl adjacent to an activating group) is 1. The molecule has 31 heavy (non-hydrogen) atoms. The quantitative estimate of drug-likeness (QED) is 0.610. The van der Waals surface area contributed by atoms with Crippen molar-refractivity contribution in [3.05, 3.63) is 59.7 Å². The molecule has 0 saturated heterocycles. The lowest BCUT2D eigenvalue weighted by Gasteiger charge is -2.27. The number of carbonyl (C=O) groups is 2. The molecule has 0 aromatic heterocycles. The molecule has 0 aliphatic heterocycles. The fraction of sp³-hybridized carbons (Fsp3) is 0.440. The van der Waals surface area contributed by atoms with Gasteiger partial charge in [0, 0.05) is 18.8 Å². The van der Waals surface area contributed by atoms with E-state index in [9.17, 15) is 9.59 Å². The highest BCUT2D eigenvalue weighted by molar-refractivity contribution is 5.95. The van der Waals surface area contributed by atoms with Crippen LogP contribution in [0.15, 0.2) is 48.5 Å². The van der Waals surface area contributed by atoms with Crippen molar-refractivity contribution in [1.29, 1.82) is 0 Å². The van der Waals surface area contributed by atoms with E-state index in [1.807, 2.05) is 62.4 Å². The van der Waals surface area contributed by atoms with Gasteiger partial charge in [-0.25, -0.2) is 0 Å². The second-order valence-corrected chi connectivity index (χ2v) is 8.23. The number of anilines is 1. The van der Waals surface area contributed by atoms with Crippen LogP contribution in [0.25, 0.3) is 0 Å². The lowest BCUT2D eigenvalue weighted by Crippen LogP contribution is -2.47. The minimum Gasteiger partial charge on any atom is -0.497 e. The number of rotatable bonds is 10. The van der Waals surface area contributed by atoms with Crippen LogP contribution in [0.1, 0.15) is 43.9 Å². The highest BCUT2D eigenvalue weighted by atomic mass is 16.5. The van der Waals surface area contributed by atoms with Crippen molar-refractivity contribution in [3.8, 4) is 5.75 Å². The van der Waals surface area contributed by atoms with E-state index >= 15 is 0 Å². The van der Waals surface area contributed by atoms with Gasteiger partial charge in [-0.3, -0.25) is 14.9 Å². The molecule has 1 saturated carbocycles. The Hall–Kier alpha value is -2.86. The standard InChI is InChI=1S/C25H33N3O3/c1-5-18-8-6-7-9-22(18)27-23(29)16-28(3)25(30)17(2)26-24(19-10-11-19)20-12-14-21(31-4)15-13-20/h6-9,12-15,17,19,24,26H,5,10-11,16H2,1-4H3,(H,27,29). The third kappa shape index (κ3) is 6.07. The second kappa shape index (κ2) is 10.4. The Morgan fingerprint density at radius 2 is 1.81 bits per heavy atom. The molecule has 3 rings (SSSR count). The van der Waals surface area contributed by atoms with Crippen molar-refractivity contribution in [2.75, 3.05) is 26.0 Å². The highest BCUT2D eigenvalue weighted by Crippen LogP contribution is 2.41. The summed E-state index contributed by atoms with van der Waals surface area (Å²) in [5, 5.41) is 6.42.